The van der Waals surface area contributed by atoms with Gasteiger partial charge >= 0.3 is 5.97 Å². The Bertz CT molecular complexity index is 692. The van der Waals surface area contributed by atoms with Crippen LogP contribution in [0.4, 0.5) is 10.1 Å². The van der Waals surface area contributed by atoms with Gasteiger partial charge in [-0.1, -0.05) is 11.6 Å². The van der Waals surface area contributed by atoms with Gasteiger partial charge in [0.2, 0.25) is 15.9 Å². The largest absolute Gasteiger partial charge is 0.480 e. The molecule has 0 aliphatic heterocycles. The number of carbonyl (C=O) groups excluding carboxylic acids is 1. The standard InChI is InChI=1S/C11H12ClFN2O5S/c1-5(11(17)18)15-21(19,20)10-3-7(12)9(4-8(10)13)14-6(2)16/h3-5,15H,1-2H3,(H,14,16)(H,17,18)/t5-/m0/s1. The van der Waals surface area contributed by atoms with E-state index in [0.717, 1.165) is 19.1 Å². The van der Waals surface area contributed by atoms with E-state index in [1.165, 1.54) is 6.92 Å². The fourth-order valence-electron chi connectivity index (χ4n) is 1.37. The second-order valence-corrected chi connectivity index (χ2v) is 6.21. The Balaban J connectivity index is 3.22. The van der Waals surface area contributed by atoms with Crippen molar-refractivity contribution >= 4 is 39.2 Å². The zero-order chi connectivity index (χ0) is 16.4. The van der Waals surface area contributed by atoms with Gasteiger partial charge in [-0.25, -0.2) is 12.8 Å². The molecule has 0 bridgehead atoms. The number of nitrogens with one attached hydrogen (secondary N) is 2. The lowest BCUT2D eigenvalue weighted by Crippen LogP contribution is -2.38. The number of carbonyl (C=O) groups is 2. The third-order valence-corrected chi connectivity index (χ3v) is 4.19. The number of anilines is 1. The number of aliphatic carboxylic acids is 1. The molecule has 0 saturated heterocycles. The van der Waals surface area contributed by atoms with Gasteiger partial charge in [0, 0.05) is 13.0 Å². The lowest BCUT2D eigenvalue weighted by atomic mass is 10.3. The lowest BCUT2D eigenvalue weighted by molar-refractivity contribution is -0.138. The number of carboxylic acid groups (broad SMARTS) is 1. The first-order chi connectivity index (χ1) is 9.54. The summed E-state index contributed by atoms with van der Waals surface area (Å²) < 4.78 is 39.4. The van der Waals surface area contributed by atoms with Crippen LogP contribution < -0.4 is 10.0 Å². The summed E-state index contributed by atoms with van der Waals surface area (Å²) >= 11 is 5.76. The molecule has 1 amide bonds. The molecule has 1 atom stereocenters. The van der Waals surface area contributed by atoms with Crippen LogP contribution in [0.3, 0.4) is 0 Å². The monoisotopic (exact) mass is 338 g/mol. The van der Waals surface area contributed by atoms with E-state index in [0.29, 0.717) is 0 Å². The van der Waals surface area contributed by atoms with Gasteiger partial charge in [0.1, 0.15) is 16.8 Å². The summed E-state index contributed by atoms with van der Waals surface area (Å²) in [5, 5.41) is 10.7. The summed E-state index contributed by atoms with van der Waals surface area (Å²) in [5.41, 5.74) is -0.0908. The van der Waals surface area contributed by atoms with Gasteiger partial charge in [-0.05, 0) is 13.0 Å². The Morgan fingerprint density at radius 3 is 2.43 bits per heavy atom. The van der Waals surface area contributed by atoms with E-state index in [-0.39, 0.29) is 10.7 Å². The highest BCUT2D eigenvalue weighted by molar-refractivity contribution is 7.89. The van der Waals surface area contributed by atoms with E-state index in [1.54, 1.807) is 4.72 Å². The fraction of sp³-hybridized carbons (Fsp3) is 0.273. The summed E-state index contributed by atoms with van der Waals surface area (Å²) in [6.45, 7) is 2.26. The Labute approximate surface area is 125 Å². The maximum atomic E-state index is 13.9. The number of amides is 1. The van der Waals surface area contributed by atoms with E-state index in [4.69, 9.17) is 16.7 Å². The molecule has 0 radical (unpaired) electrons. The van der Waals surface area contributed by atoms with E-state index < -0.39 is 38.7 Å². The van der Waals surface area contributed by atoms with Crippen LogP contribution >= 0.6 is 11.6 Å². The highest BCUT2D eigenvalue weighted by Crippen LogP contribution is 2.28. The molecule has 3 N–H and O–H groups in total. The third-order valence-electron chi connectivity index (χ3n) is 2.32. The van der Waals surface area contributed by atoms with Crippen LogP contribution in [0.1, 0.15) is 13.8 Å². The lowest BCUT2D eigenvalue weighted by Gasteiger charge is -2.13. The summed E-state index contributed by atoms with van der Waals surface area (Å²) in [4.78, 5) is 20.7. The number of halogens is 2. The van der Waals surface area contributed by atoms with Gasteiger partial charge in [0.25, 0.3) is 0 Å². The zero-order valence-electron chi connectivity index (χ0n) is 11.0. The van der Waals surface area contributed by atoms with Crippen LogP contribution in [0, 0.1) is 5.82 Å². The molecule has 21 heavy (non-hydrogen) atoms. The van der Waals surface area contributed by atoms with Gasteiger partial charge in [0.05, 0.1) is 10.7 Å². The van der Waals surface area contributed by atoms with Gasteiger partial charge < -0.3 is 10.4 Å². The summed E-state index contributed by atoms with van der Waals surface area (Å²) in [5.74, 6) is -3.10. The van der Waals surface area contributed by atoms with Crippen molar-refractivity contribution in [3.8, 4) is 0 Å². The molecule has 0 heterocycles. The normalized spacial score (nSPS) is 12.8. The van der Waals surface area contributed by atoms with Crippen LogP contribution in [0.5, 0.6) is 0 Å². The van der Waals surface area contributed by atoms with Gasteiger partial charge in [-0.2, -0.15) is 4.72 Å². The topological polar surface area (TPSA) is 113 Å². The van der Waals surface area contributed by atoms with E-state index in [1.807, 2.05) is 0 Å². The maximum absolute atomic E-state index is 13.9. The second kappa shape index (κ2) is 6.37. The van der Waals surface area contributed by atoms with Crippen LogP contribution in [0.25, 0.3) is 0 Å². The minimum atomic E-state index is -4.41. The average molecular weight is 339 g/mol. The summed E-state index contributed by atoms with van der Waals surface area (Å²) in [7, 11) is -4.41. The van der Waals surface area contributed by atoms with E-state index in [9.17, 15) is 22.4 Å². The predicted octanol–water partition coefficient (Wildman–Crippen LogP) is 1.19. The van der Waals surface area contributed by atoms with Crippen LogP contribution in [-0.2, 0) is 19.6 Å². The molecule has 0 fully saturated rings. The van der Waals surface area contributed by atoms with Gasteiger partial charge in [-0.3, -0.25) is 9.59 Å². The first kappa shape index (κ1) is 17.3. The molecule has 0 aliphatic rings. The van der Waals surface area contributed by atoms with E-state index >= 15 is 0 Å². The van der Waals surface area contributed by atoms with Crippen molar-refractivity contribution < 1.29 is 27.5 Å². The number of hydrogen-bond donors (Lipinski definition) is 3. The average Bonchev–Trinajstić information content (AvgIpc) is 2.31. The molecule has 7 nitrogen and oxygen atoms in total. The number of benzene rings is 1. The zero-order valence-corrected chi connectivity index (χ0v) is 12.5. The minimum absolute atomic E-state index is 0.0908. The first-order valence-corrected chi connectivity index (χ1v) is 7.42. The summed E-state index contributed by atoms with van der Waals surface area (Å²) in [6.07, 6.45) is 0. The molecular weight excluding hydrogens is 327 g/mol. The number of hydrogen-bond acceptors (Lipinski definition) is 4. The minimum Gasteiger partial charge on any atom is -0.480 e. The van der Waals surface area contributed by atoms with Crippen LogP contribution in [0.2, 0.25) is 5.02 Å². The Morgan fingerprint density at radius 2 is 1.95 bits per heavy atom. The highest BCUT2D eigenvalue weighted by Gasteiger charge is 2.25. The fourth-order valence-corrected chi connectivity index (χ4v) is 2.92. The quantitative estimate of drug-likeness (QED) is 0.746. The van der Waals surface area contributed by atoms with Gasteiger partial charge in [0.15, 0.2) is 0 Å². The molecule has 10 heteroatoms. The third kappa shape index (κ3) is 4.38. The van der Waals surface area contributed by atoms with E-state index in [2.05, 4.69) is 5.32 Å². The van der Waals surface area contributed by atoms with Gasteiger partial charge in [-0.15, -0.1) is 0 Å². The smallest absolute Gasteiger partial charge is 0.321 e. The van der Waals surface area contributed by atoms with Crippen molar-refractivity contribution in [1.82, 2.24) is 4.72 Å². The molecule has 116 valence electrons. The van der Waals surface area contributed by atoms with Crippen molar-refractivity contribution in [2.24, 2.45) is 0 Å². The van der Waals surface area contributed by atoms with Crippen molar-refractivity contribution in [2.75, 3.05) is 5.32 Å². The molecule has 0 spiro atoms. The van der Waals surface area contributed by atoms with Crippen LogP contribution in [-0.4, -0.2) is 31.4 Å². The Kier molecular flexibility index (Phi) is 5.26. The first-order valence-electron chi connectivity index (χ1n) is 5.56. The Hall–Kier alpha value is -1.71. The molecule has 0 unspecified atom stereocenters. The molecule has 0 aromatic heterocycles. The van der Waals surface area contributed by atoms with Crippen molar-refractivity contribution in [1.29, 1.82) is 0 Å². The van der Waals surface area contributed by atoms with Crippen molar-refractivity contribution in [3.63, 3.8) is 0 Å². The number of sulfonamides is 1. The van der Waals surface area contributed by atoms with Crippen molar-refractivity contribution in [3.05, 3.63) is 23.0 Å². The molecular formula is C11H12ClFN2O5S. The molecule has 1 rings (SSSR count). The van der Waals surface area contributed by atoms with Crippen molar-refractivity contribution in [2.45, 2.75) is 24.8 Å². The molecule has 1 aromatic carbocycles. The number of carboxylic acids is 1. The number of rotatable bonds is 5. The Morgan fingerprint density at radius 1 is 1.38 bits per heavy atom. The maximum Gasteiger partial charge on any atom is 0.321 e. The summed E-state index contributed by atoms with van der Waals surface area (Å²) in [6, 6.07) is 0.0891. The van der Waals surface area contributed by atoms with Crippen LogP contribution in [0.15, 0.2) is 17.0 Å². The SMILES string of the molecule is CC(=O)Nc1cc(F)c(S(=O)(=O)N[C@@H](C)C(=O)O)cc1Cl. The molecule has 0 aliphatic carbocycles. The highest BCUT2D eigenvalue weighted by atomic mass is 35.5. The molecule has 0 saturated carbocycles. The second-order valence-electron chi connectivity index (χ2n) is 4.12. The molecule has 1 aromatic rings. The predicted molar refractivity (Wildman–Crippen MR) is 73.1 cm³/mol.